The summed E-state index contributed by atoms with van der Waals surface area (Å²) in [5.74, 6) is -9.77. The van der Waals surface area contributed by atoms with E-state index in [0.29, 0.717) is 22.6 Å². The molecular formula is C44H71N9O14S. The number of carboxylic acid groups (broad SMARTS) is 1. The molecule has 0 aliphatic carbocycles. The van der Waals surface area contributed by atoms with E-state index in [-0.39, 0.29) is 44.6 Å². The Balaban J connectivity index is 3.44. The van der Waals surface area contributed by atoms with Gasteiger partial charge in [0.2, 0.25) is 47.3 Å². The minimum Gasteiger partial charge on any atom is -0.480 e. The summed E-state index contributed by atoms with van der Waals surface area (Å²) in [6.45, 7) is 2.36. The van der Waals surface area contributed by atoms with E-state index in [1.54, 1.807) is 50.4 Å². The number of nitrogens with two attached hydrogens (primary N) is 1. The standard InChI is InChI=1S/C44H71N9O14S/c1-6-7-8-9-13-16-37(59)53(43(65)32(23-54)49-36(58)22-46-38(60)27(4)47-39(61)29(17-18-68-5)48-35(57)21-45)34(25-56)42(64)51-31(20-28-14-11-10-12-15-28)41(63)50-30(19-26(2)3)40(62)52-33(24-55)44(66)67/h10-12,14-15,26-27,29-34,54-56H,6-9,13,16-25,45H2,1-5H3,(H,46,60)(H,47,61)(H,48,57)(H,49,58)(H,50,63)(H,51,64)(H,52,62)(H,66,67)/t27-,29-,30-,31-,32-,33-,34-/m0/s1. The summed E-state index contributed by atoms with van der Waals surface area (Å²) < 4.78 is 0. The van der Waals surface area contributed by atoms with Crippen molar-refractivity contribution in [2.45, 2.75) is 128 Å². The van der Waals surface area contributed by atoms with Gasteiger partial charge in [0, 0.05) is 12.8 Å². The molecule has 13 N–H and O–H groups in total. The first-order valence-electron chi connectivity index (χ1n) is 22.5. The van der Waals surface area contributed by atoms with E-state index in [1.807, 2.05) is 6.92 Å². The van der Waals surface area contributed by atoms with Crippen molar-refractivity contribution in [3.63, 3.8) is 0 Å². The number of carboxylic acids is 1. The summed E-state index contributed by atoms with van der Waals surface area (Å²) in [6.07, 6.45) is 4.83. The highest BCUT2D eigenvalue weighted by atomic mass is 32.2. The Labute approximate surface area is 400 Å². The molecule has 1 rings (SSSR count). The number of carbonyl (C=O) groups excluding carboxylic acids is 9. The van der Waals surface area contributed by atoms with Gasteiger partial charge in [-0.1, -0.05) is 76.8 Å². The fraction of sp³-hybridized carbons (Fsp3) is 0.636. The maximum Gasteiger partial charge on any atom is 0.328 e. The number of nitrogens with zero attached hydrogens (tertiary/aromatic N) is 1. The van der Waals surface area contributed by atoms with Crippen LogP contribution in [0.1, 0.15) is 84.6 Å². The van der Waals surface area contributed by atoms with Crippen LogP contribution in [0.4, 0.5) is 0 Å². The number of thioether (sulfide) groups is 1. The van der Waals surface area contributed by atoms with Crippen molar-refractivity contribution in [3.05, 3.63) is 35.9 Å². The van der Waals surface area contributed by atoms with Gasteiger partial charge in [0.1, 0.15) is 42.3 Å². The summed E-state index contributed by atoms with van der Waals surface area (Å²) in [5.41, 5.74) is 5.87. The molecule has 0 radical (unpaired) electrons. The molecule has 68 heavy (non-hydrogen) atoms. The summed E-state index contributed by atoms with van der Waals surface area (Å²) in [5, 5.41) is 56.4. The quantitative estimate of drug-likeness (QED) is 0.0316. The molecule has 0 heterocycles. The fourth-order valence-corrected chi connectivity index (χ4v) is 7.02. The highest BCUT2D eigenvalue weighted by Gasteiger charge is 2.40. The summed E-state index contributed by atoms with van der Waals surface area (Å²) in [4.78, 5) is 132. The lowest BCUT2D eigenvalue weighted by molar-refractivity contribution is -0.156. The molecule has 0 aliphatic rings. The smallest absolute Gasteiger partial charge is 0.328 e. The molecule has 1 aromatic carbocycles. The first kappa shape index (κ1) is 60.3. The number of aliphatic hydroxyl groups is 3. The summed E-state index contributed by atoms with van der Waals surface area (Å²) in [7, 11) is 0. The lowest BCUT2D eigenvalue weighted by Gasteiger charge is -2.32. The van der Waals surface area contributed by atoms with E-state index in [1.165, 1.54) is 18.7 Å². The maximum absolute atomic E-state index is 14.2. The summed E-state index contributed by atoms with van der Waals surface area (Å²) in [6, 6.07) is -2.46. The molecule has 0 fully saturated rings. The second-order valence-electron chi connectivity index (χ2n) is 16.3. The minimum atomic E-state index is -2.03. The number of carbonyl (C=O) groups is 10. The van der Waals surface area contributed by atoms with Gasteiger partial charge in [-0.15, -0.1) is 0 Å². The van der Waals surface area contributed by atoms with Gasteiger partial charge in [0.15, 0.2) is 0 Å². The highest BCUT2D eigenvalue weighted by Crippen LogP contribution is 2.14. The molecule has 23 nitrogen and oxygen atoms in total. The van der Waals surface area contributed by atoms with Crippen molar-refractivity contribution in [1.29, 1.82) is 0 Å². The molecule has 24 heteroatoms. The number of hydrogen-bond acceptors (Lipinski definition) is 15. The first-order chi connectivity index (χ1) is 32.3. The second kappa shape index (κ2) is 32.9. The van der Waals surface area contributed by atoms with Crippen LogP contribution in [-0.4, -0.2) is 172 Å². The van der Waals surface area contributed by atoms with Crippen LogP contribution in [0.25, 0.3) is 0 Å². The molecule has 382 valence electrons. The average molecular weight is 982 g/mol. The largest absolute Gasteiger partial charge is 0.480 e. The van der Waals surface area contributed by atoms with Crippen LogP contribution in [0.5, 0.6) is 0 Å². The van der Waals surface area contributed by atoms with E-state index in [4.69, 9.17) is 5.73 Å². The Morgan fingerprint density at radius 1 is 0.662 bits per heavy atom. The zero-order valence-electron chi connectivity index (χ0n) is 39.4. The Hall–Kier alpha value is -5.69. The molecule has 0 aliphatic heterocycles. The minimum absolute atomic E-state index is 0.00138. The molecule has 0 saturated heterocycles. The van der Waals surface area contributed by atoms with Gasteiger partial charge in [-0.3, -0.25) is 48.1 Å². The predicted molar refractivity (Wildman–Crippen MR) is 250 cm³/mol. The molecule has 9 amide bonds. The number of aliphatic carboxylic acids is 1. The van der Waals surface area contributed by atoms with Crippen molar-refractivity contribution < 1.29 is 68.4 Å². The van der Waals surface area contributed by atoms with Gasteiger partial charge in [-0.05, 0) is 49.7 Å². The molecule has 7 atom stereocenters. The number of hydrogen-bond donors (Lipinski definition) is 12. The number of rotatable bonds is 33. The zero-order chi connectivity index (χ0) is 51.3. The van der Waals surface area contributed by atoms with Crippen molar-refractivity contribution in [2.75, 3.05) is 44.9 Å². The Bertz CT molecular complexity index is 1830. The predicted octanol–water partition coefficient (Wildman–Crippen LogP) is -2.82. The van der Waals surface area contributed by atoms with Crippen molar-refractivity contribution in [2.24, 2.45) is 11.7 Å². The summed E-state index contributed by atoms with van der Waals surface area (Å²) >= 11 is 1.42. The first-order valence-corrected chi connectivity index (χ1v) is 23.9. The SMILES string of the molecule is CCCCCCCC(=O)N(C(=O)[C@H](CO)NC(=O)CNC(=O)[C@H](C)NC(=O)[C@H](CCSC)NC(=O)CN)[C@@H](CO)C(=O)N[C@@H](Cc1ccccc1)C(=O)N[C@@H](CC(C)C)C(=O)N[C@@H](CO)C(=O)O. The number of benzene rings is 1. The topological polar surface area (TPSA) is 365 Å². The number of nitrogens with one attached hydrogen (secondary N) is 7. The van der Waals surface area contributed by atoms with E-state index < -0.39 is 128 Å². The molecule has 0 saturated carbocycles. The number of amides is 9. The van der Waals surface area contributed by atoms with Crippen LogP contribution >= 0.6 is 11.8 Å². The molecular weight excluding hydrogens is 911 g/mol. The fourth-order valence-electron chi connectivity index (χ4n) is 6.55. The van der Waals surface area contributed by atoms with Gasteiger partial charge >= 0.3 is 5.97 Å². The monoisotopic (exact) mass is 981 g/mol. The van der Waals surface area contributed by atoms with Crippen LogP contribution in [-0.2, 0) is 54.4 Å². The van der Waals surface area contributed by atoms with Crippen LogP contribution in [0, 0.1) is 5.92 Å². The third kappa shape index (κ3) is 22.0. The van der Waals surface area contributed by atoms with Crippen molar-refractivity contribution >= 4 is 70.9 Å². The van der Waals surface area contributed by atoms with E-state index in [9.17, 15) is 68.4 Å². The zero-order valence-corrected chi connectivity index (χ0v) is 40.2. The molecule has 1 aromatic rings. The normalized spacial score (nSPS) is 14.1. The lowest BCUT2D eigenvalue weighted by atomic mass is 10.0. The molecule has 0 aromatic heterocycles. The van der Waals surface area contributed by atoms with Crippen LogP contribution < -0.4 is 43.0 Å². The van der Waals surface area contributed by atoms with Gasteiger partial charge in [-0.2, -0.15) is 11.8 Å². The van der Waals surface area contributed by atoms with E-state index in [0.717, 1.165) is 19.3 Å². The molecule has 0 bridgehead atoms. The van der Waals surface area contributed by atoms with Gasteiger partial charge in [0.05, 0.1) is 32.9 Å². The number of unbranched alkanes of at least 4 members (excludes halogenated alkanes) is 4. The lowest BCUT2D eigenvalue weighted by Crippen LogP contribution is -2.63. The Kier molecular flexibility index (Phi) is 29.2. The van der Waals surface area contributed by atoms with Gasteiger partial charge in [-0.25, -0.2) is 4.79 Å². The third-order valence-corrected chi connectivity index (χ3v) is 10.9. The third-order valence-electron chi connectivity index (χ3n) is 10.3. The highest BCUT2D eigenvalue weighted by molar-refractivity contribution is 7.98. The van der Waals surface area contributed by atoms with E-state index in [2.05, 4.69) is 37.2 Å². The van der Waals surface area contributed by atoms with Gasteiger partial charge in [0.25, 0.3) is 5.91 Å². The van der Waals surface area contributed by atoms with E-state index >= 15 is 0 Å². The molecule has 0 unspecified atom stereocenters. The average Bonchev–Trinajstić information content (AvgIpc) is 3.30. The van der Waals surface area contributed by atoms with Crippen LogP contribution in [0.2, 0.25) is 0 Å². The van der Waals surface area contributed by atoms with Crippen LogP contribution in [0.15, 0.2) is 30.3 Å². The number of aliphatic hydroxyl groups excluding tert-OH is 3. The Morgan fingerprint density at radius 3 is 1.79 bits per heavy atom. The molecule has 0 spiro atoms. The van der Waals surface area contributed by atoms with Crippen molar-refractivity contribution in [3.8, 4) is 0 Å². The number of imide groups is 1. The maximum atomic E-state index is 14.2. The second-order valence-corrected chi connectivity index (χ2v) is 17.3. The Morgan fingerprint density at radius 2 is 1.24 bits per heavy atom. The van der Waals surface area contributed by atoms with Crippen LogP contribution in [0.3, 0.4) is 0 Å². The van der Waals surface area contributed by atoms with Crippen molar-refractivity contribution in [1.82, 2.24) is 42.1 Å². The van der Waals surface area contributed by atoms with Gasteiger partial charge < -0.3 is 63.4 Å².